The number of carbonyl (C=O) groups is 1. The average Bonchev–Trinajstić information content (AvgIpc) is 2.79. The van der Waals surface area contributed by atoms with E-state index in [0.29, 0.717) is 20.9 Å². The van der Waals surface area contributed by atoms with E-state index in [0.717, 1.165) is 15.7 Å². The van der Waals surface area contributed by atoms with Gasteiger partial charge < -0.3 is 5.32 Å². The zero-order chi connectivity index (χ0) is 17.1. The third-order valence-corrected chi connectivity index (χ3v) is 5.39. The molecule has 1 aliphatic heterocycles. The number of hydrogen-bond donors (Lipinski definition) is 1. The summed E-state index contributed by atoms with van der Waals surface area (Å²) in [5.74, 6) is -0.0977. The molecule has 1 N–H and O–H groups in total. The van der Waals surface area contributed by atoms with E-state index >= 15 is 0 Å². The smallest absolute Gasteiger partial charge is 0.267 e. The number of anilines is 1. The number of thioether (sulfide) groups is 1. The van der Waals surface area contributed by atoms with E-state index in [2.05, 4.69) is 21.2 Å². The van der Waals surface area contributed by atoms with Gasteiger partial charge in [0.05, 0.1) is 11.6 Å². The number of nitrogens with one attached hydrogen (secondary N) is 1. The standard InChI is InChI=1S/C17H12BrClN2OS2/c18-12-4-1-3-11(7-12)8-15-16(22)21(17(23)24-15)10-20-14-6-2-5-13(19)9-14/h1-9,20H,10H2. The van der Waals surface area contributed by atoms with Gasteiger partial charge in [-0.15, -0.1) is 0 Å². The maximum absolute atomic E-state index is 12.6. The molecular weight excluding hydrogens is 428 g/mol. The van der Waals surface area contributed by atoms with Crippen LogP contribution in [-0.4, -0.2) is 21.8 Å². The number of rotatable bonds is 4. The molecule has 1 amide bonds. The lowest BCUT2D eigenvalue weighted by molar-refractivity contribution is -0.121. The largest absolute Gasteiger partial charge is 0.367 e. The summed E-state index contributed by atoms with van der Waals surface area (Å²) in [5, 5.41) is 3.81. The van der Waals surface area contributed by atoms with Crippen molar-refractivity contribution < 1.29 is 4.79 Å². The Balaban J connectivity index is 1.72. The molecule has 1 fully saturated rings. The van der Waals surface area contributed by atoms with Gasteiger partial charge in [0, 0.05) is 15.2 Å². The average molecular weight is 440 g/mol. The molecular formula is C17H12BrClN2OS2. The van der Waals surface area contributed by atoms with Crippen LogP contribution in [0.3, 0.4) is 0 Å². The number of nitrogens with zero attached hydrogens (tertiary/aromatic N) is 1. The normalized spacial score (nSPS) is 16.1. The first-order valence-electron chi connectivity index (χ1n) is 7.03. The van der Waals surface area contributed by atoms with E-state index in [1.54, 1.807) is 17.0 Å². The van der Waals surface area contributed by atoms with Gasteiger partial charge in [0.15, 0.2) is 0 Å². The van der Waals surface area contributed by atoms with Crippen LogP contribution in [0.2, 0.25) is 5.02 Å². The molecule has 0 atom stereocenters. The maximum Gasteiger partial charge on any atom is 0.267 e. The van der Waals surface area contributed by atoms with Gasteiger partial charge in [0.1, 0.15) is 4.32 Å². The van der Waals surface area contributed by atoms with Crippen molar-refractivity contribution in [2.45, 2.75) is 0 Å². The molecule has 0 aromatic heterocycles. The molecule has 0 saturated carbocycles. The summed E-state index contributed by atoms with van der Waals surface area (Å²) in [6.07, 6.45) is 1.85. The topological polar surface area (TPSA) is 32.3 Å². The second-order valence-electron chi connectivity index (χ2n) is 5.01. The number of halogens is 2. The van der Waals surface area contributed by atoms with Crippen LogP contribution in [0.1, 0.15) is 5.56 Å². The Morgan fingerprint density at radius 1 is 1.25 bits per heavy atom. The summed E-state index contributed by atoms with van der Waals surface area (Å²) in [4.78, 5) is 14.7. The van der Waals surface area contributed by atoms with Crippen molar-refractivity contribution >= 4 is 73.5 Å². The molecule has 0 spiro atoms. The predicted molar refractivity (Wildman–Crippen MR) is 109 cm³/mol. The zero-order valence-electron chi connectivity index (χ0n) is 12.3. The number of thiocarbonyl (C=S) groups is 1. The van der Waals surface area contributed by atoms with Crippen LogP contribution in [0.4, 0.5) is 5.69 Å². The Morgan fingerprint density at radius 3 is 2.79 bits per heavy atom. The van der Waals surface area contributed by atoms with Gasteiger partial charge in [0.25, 0.3) is 5.91 Å². The first kappa shape index (κ1) is 17.5. The fourth-order valence-corrected chi connectivity index (χ4v) is 4.02. The maximum atomic E-state index is 12.6. The highest BCUT2D eigenvalue weighted by Crippen LogP contribution is 2.32. The third kappa shape index (κ3) is 4.19. The lowest BCUT2D eigenvalue weighted by atomic mass is 10.2. The molecule has 122 valence electrons. The highest BCUT2D eigenvalue weighted by molar-refractivity contribution is 9.10. The number of benzene rings is 2. The molecule has 1 saturated heterocycles. The summed E-state index contributed by atoms with van der Waals surface area (Å²) < 4.78 is 1.50. The van der Waals surface area contributed by atoms with Crippen molar-refractivity contribution in [3.8, 4) is 0 Å². The van der Waals surface area contributed by atoms with E-state index in [4.69, 9.17) is 23.8 Å². The minimum atomic E-state index is -0.0977. The lowest BCUT2D eigenvalue weighted by Crippen LogP contribution is -2.33. The van der Waals surface area contributed by atoms with E-state index in [-0.39, 0.29) is 5.91 Å². The van der Waals surface area contributed by atoms with Crippen molar-refractivity contribution in [1.82, 2.24) is 4.90 Å². The van der Waals surface area contributed by atoms with Gasteiger partial charge in [-0.2, -0.15) is 0 Å². The van der Waals surface area contributed by atoms with Crippen LogP contribution in [0.15, 0.2) is 57.9 Å². The number of carbonyl (C=O) groups excluding carboxylic acids is 1. The van der Waals surface area contributed by atoms with Crippen LogP contribution >= 0.6 is 51.5 Å². The van der Waals surface area contributed by atoms with Gasteiger partial charge in [-0.25, -0.2) is 0 Å². The van der Waals surface area contributed by atoms with Gasteiger partial charge in [-0.3, -0.25) is 9.69 Å². The fraction of sp³-hybridized carbons (Fsp3) is 0.0588. The predicted octanol–water partition coefficient (Wildman–Crippen LogP) is 5.37. The molecule has 7 heteroatoms. The molecule has 24 heavy (non-hydrogen) atoms. The first-order chi connectivity index (χ1) is 11.5. The second kappa shape index (κ2) is 7.70. The van der Waals surface area contributed by atoms with E-state index in [9.17, 15) is 4.79 Å². The number of hydrogen-bond acceptors (Lipinski definition) is 4. The molecule has 1 heterocycles. The van der Waals surface area contributed by atoms with Crippen LogP contribution in [0.5, 0.6) is 0 Å². The van der Waals surface area contributed by atoms with E-state index in [1.807, 2.05) is 42.5 Å². The Labute approximate surface area is 163 Å². The van der Waals surface area contributed by atoms with Gasteiger partial charge >= 0.3 is 0 Å². The highest BCUT2D eigenvalue weighted by atomic mass is 79.9. The van der Waals surface area contributed by atoms with Crippen LogP contribution in [-0.2, 0) is 4.79 Å². The van der Waals surface area contributed by atoms with Crippen molar-refractivity contribution in [1.29, 1.82) is 0 Å². The fourth-order valence-electron chi connectivity index (χ4n) is 2.15. The van der Waals surface area contributed by atoms with Gasteiger partial charge in [-0.05, 0) is 42.0 Å². The Hall–Kier alpha value is -1.34. The molecule has 0 unspecified atom stereocenters. The van der Waals surface area contributed by atoms with Crippen molar-refractivity contribution in [2.75, 3.05) is 12.0 Å². The summed E-state index contributed by atoms with van der Waals surface area (Å²) in [7, 11) is 0. The summed E-state index contributed by atoms with van der Waals surface area (Å²) >= 11 is 16.0. The molecule has 0 radical (unpaired) electrons. The third-order valence-electron chi connectivity index (χ3n) is 3.29. The Bertz CT molecular complexity index is 841. The molecule has 3 rings (SSSR count). The summed E-state index contributed by atoms with van der Waals surface area (Å²) in [6.45, 7) is 0.306. The van der Waals surface area contributed by atoms with Crippen molar-refractivity contribution in [3.05, 3.63) is 68.5 Å². The quantitative estimate of drug-likeness (QED) is 0.512. The summed E-state index contributed by atoms with van der Waals surface area (Å²) in [5.41, 5.74) is 1.79. The first-order valence-corrected chi connectivity index (χ1v) is 9.43. The van der Waals surface area contributed by atoms with Crippen molar-refractivity contribution in [2.24, 2.45) is 0 Å². The van der Waals surface area contributed by atoms with Gasteiger partial charge in [-0.1, -0.05) is 69.7 Å². The Kier molecular flexibility index (Phi) is 5.61. The van der Waals surface area contributed by atoms with E-state index < -0.39 is 0 Å². The number of amides is 1. The molecule has 2 aromatic rings. The highest BCUT2D eigenvalue weighted by Gasteiger charge is 2.31. The minimum absolute atomic E-state index is 0.0977. The lowest BCUT2D eigenvalue weighted by Gasteiger charge is -2.16. The van der Waals surface area contributed by atoms with Crippen LogP contribution in [0.25, 0.3) is 6.08 Å². The zero-order valence-corrected chi connectivity index (χ0v) is 16.3. The summed E-state index contributed by atoms with van der Waals surface area (Å²) in [6, 6.07) is 15.1. The van der Waals surface area contributed by atoms with Gasteiger partial charge in [0.2, 0.25) is 0 Å². The SMILES string of the molecule is O=C1C(=Cc2cccc(Br)c2)SC(=S)N1CNc1cccc(Cl)c1. The molecule has 2 aromatic carbocycles. The monoisotopic (exact) mass is 438 g/mol. The van der Waals surface area contributed by atoms with Crippen molar-refractivity contribution in [3.63, 3.8) is 0 Å². The molecule has 0 bridgehead atoms. The second-order valence-corrected chi connectivity index (χ2v) is 8.04. The molecule has 1 aliphatic rings. The minimum Gasteiger partial charge on any atom is -0.367 e. The van der Waals surface area contributed by atoms with Crippen LogP contribution in [0, 0.1) is 0 Å². The van der Waals surface area contributed by atoms with Crippen LogP contribution < -0.4 is 5.32 Å². The Morgan fingerprint density at radius 2 is 2.04 bits per heavy atom. The molecule has 0 aliphatic carbocycles. The van der Waals surface area contributed by atoms with E-state index in [1.165, 1.54) is 11.8 Å². The molecule has 3 nitrogen and oxygen atoms in total.